The average molecular weight is 361 g/mol. The molecule has 4 heteroatoms. The maximum Gasteiger partial charge on any atom is 0.249 e. The highest BCUT2D eigenvalue weighted by Gasteiger charge is 2.49. The Labute approximate surface area is 155 Å². The quantitative estimate of drug-likeness (QED) is 0.756. The topological polar surface area (TPSA) is 41.1 Å². The molecule has 1 aromatic carbocycles. The zero-order valence-electron chi connectivity index (χ0n) is 15.0. The van der Waals surface area contributed by atoms with E-state index in [1.807, 2.05) is 12.1 Å². The minimum absolute atomic E-state index is 0.126. The second kappa shape index (κ2) is 7.28. The summed E-state index contributed by atoms with van der Waals surface area (Å²) in [5.74, 6) is 0.762. The summed E-state index contributed by atoms with van der Waals surface area (Å²) in [6, 6.07) is 6.34. The third-order valence-electron chi connectivity index (χ3n) is 6.45. The maximum atomic E-state index is 13.2. The lowest BCUT2D eigenvalue weighted by molar-refractivity contribution is -0.123. The molecule has 1 heterocycles. The molecule has 0 aromatic heterocycles. The first-order valence-corrected chi connectivity index (χ1v) is 10.4. The Bertz CT molecular complexity index is 613. The van der Waals surface area contributed by atoms with E-state index >= 15 is 0 Å². The van der Waals surface area contributed by atoms with Gasteiger partial charge in [-0.15, -0.1) is 0 Å². The molecule has 2 N–H and O–H groups in total. The van der Waals surface area contributed by atoms with E-state index in [2.05, 4.69) is 16.7 Å². The van der Waals surface area contributed by atoms with Crippen LogP contribution in [0.15, 0.2) is 18.2 Å². The van der Waals surface area contributed by atoms with Crippen molar-refractivity contribution in [2.45, 2.75) is 82.2 Å². The average Bonchev–Trinajstić information content (AvgIpc) is 2.87. The van der Waals surface area contributed by atoms with Crippen LogP contribution in [0, 0.1) is 5.92 Å². The molecule has 1 atom stereocenters. The Morgan fingerprint density at radius 2 is 1.72 bits per heavy atom. The molecular weight excluding hydrogens is 332 g/mol. The number of hydrogen-bond donors (Lipinski definition) is 2. The molecule has 2 aliphatic carbocycles. The van der Waals surface area contributed by atoms with Crippen LogP contribution in [-0.4, -0.2) is 11.9 Å². The highest BCUT2D eigenvalue weighted by Crippen LogP contribution is 2.44. The zero-order chi connectivity index (χ0) is 17.3. The van der Waals surface area contributed by atoms with Gasteiger partial charge in [0.2, 0.25) is 5.91 Å². The fourth-order valence-corrected chi connectivity index (χ4v) is 5.34. The lowest BCUT2D eigenvalue weighted by Crippen LogP contribution is -2.54. The van der Waals surface area contributed by atoms with E-state index in [4.69, 9.17) is 11.6 Å². The summed E-state index contributed by atoms with van der Waals surface area (Å²) in [7, 11) is 0. The summed E-state index contributed by atoms with van der Waals surface area (Å²) in [4.78, 5) is 13.2. The molecule has 136 valence electrons. The van der Waals surface area contributed by atoms with Crippen LogP contribution in [0.5, 0.6) is 0 Å². The van der Waals surface area contributed by atoms with Gasteiger partial charge in [-0.2, -0.15) is 0 Å². The Balaban J connectivity index is 1.66. The van der Waals surface area contributed by atoms with Gasteiger partial charge < -0.3 is 5.32 Å². The zero-order valence-corrected chi connectivity index (χ0v) is 15.7. The van der Waals surface area contributed by atoms with Crippen molar-refractivity contribution in [3.05, 3.63) is 28.8 Å². The molecular formula is C21H29ClN2O. The summed E-state index contributed by atoms with van der Waals surface area (Å²) < 4.78 is 0. The van der Waals surface area contributed by atoms with Gasteiger partial charge in [0, 0.05) is 22.3 Å². The van der Waals surface area contributed by atoms with Crippen LogP contribution in [0.25, 0.3) is 0 Å². The standard InChI is InChI=1S/C21H29ClN2O/c22-16-11-12-18-19(13-16)23-20(25)21(18,14-15-7-3-1-4-8-15)24-17-9-5-2-6-10-17/h11-13,15,17,24H,1-10,14H2,(H,23,25). The number of hydrogen-bond acceptors (Lipinski definition) is 2. The van der Waals surface area contributed by atoms with Crippen molar-refractivity contribution >= 4 is 23.2 Å². The van der Waals surface area contributed by atoms with Gasteiger partial charge >= 0.3 is 0 Å². The molecule has 0 radical (unpaired) electrons. The summed E-state index contributed by atoms with van der Waals surface area (Å²) in [5.41, 5.74) is 1.44. The van der Waals surface area contributed by atoms with Gasteiger partial charge in [-0.05, 0) is 37.3 Å². The molecule has 3 aliphatic rings. The van der Waals surface area contributed by atoms with Crippen molar-refractivity contribution in [1.29, 1.82) is 0 Å². The maximum absolute atomic E-state index is 13.2. The van der Waals surface area contributed by atoms with Crippen LogP contribution >= 0.6 is 11.6 Å². The Morgan fingerprint density at radius 1 is 1.04 bits per heavy atom. The predicted octanol–water partition coefficient (Wildman–Crippen LogP) is 5.38. The lowest BCUT2D eigenvalue weighted by Gasteiger charge is -2.38. The van der Waals surface area contributed by atoms with Gasteiger partial charge in [-0.25, -0.2) is 0 Å². The van der Waals surface area contributed by atoms with Gasteiger partial charge in [0.15, 0.2) is 0 Å². The van der Waals surface area contributed by atoms with Crippen LogP contribution in [-0.2, 0) is 10.3 Å². The minimum atomic E-state index is -0.566. The Kier molecular flexibility index (Phi) is 5.06. The molecule has 0 saturated heterocycles. The Morgan fingerprint density at radius 3 is 2.44 bits per heavy atom. The normalized spacial score (nSPS) is 28.0. The highest BCUT2D eigenvalue weighted by molar-refractivity contribution is 6.31. The van der Waals surface area contributed by atoms with Crippen LogP contribution in [0.2, 0.25) is 5.02 Å². The summed E-state index contributed by atoms with van der Waals surface area (Å²) in [6.45, 7) is 0. The van der Waals surface area contributed by atoms with Crippen molar-refractivity contribution in [3.8, 4) is 0 Å². The van der Waals surface area contributed by atoms with Gasteiger partial charge in [0.1, 0.15) is 5.54 Å². The van der Waals surface area contributed by atoms with Gasteiger partial charge in [-0.1, -0.05) is 69.0 Å². The molecule has 1 unspecified atom stereocenters. The van der Waals surface area contributed by atoms with Crippen LogP contribution in [0.4, 0.5) is 5.69 Å². The van der Waals surface area contributed by atoms with Crippen molar-refractivity contribution < 1.29 is 4.79 Å². The molecule has 1 amide bonds. The van der Waals surface area contributed by atoms with E-state index in [0.717, 1.165) is 17.7 Å². The van der Waals surface area contributed by atoms with Crippen LogP contribution in [0.1, 0.15) is 76.2 Å². The fourth-order valence-electron chi connectivity index (χ4n) is 5.17. The molecule has 4 rings (SSSR count). The first-order chi connectivity index (χ1) is 12.2. The SMILES string of the molecule is O=C1Nc2cc(Cl)ccc2C1(CC1CCCCC1)NC1CCCCC1. The molecule has 1 aliphatic heterocycles. The number of benzene rings is 1. The number of carbonyl (C=O) groups excluding carboxylic acids is 1. The van der Waals surface area contributed by atoms with Crippen LogP contribution in [0.3, 0.4) is 0 Å². The van der Waals surface area contributed by atoms with Gasteiger partial charge in [0.05, 0.1) is 0 Å². The van der Waals surface area contributed by atoms with Gasteiger partial charge in [0.25, 0.3) is 0 Å². The van der Waals surface area contributed by atoms with Gasteiger partial charge in [-0.3, -0.25) is 10.1 Å². The lowest BCUT2D eigenvalue weighted by atomic mass is 9.75. The largest absolute Gasteiger partial charge is 0.324 e. The Hall–Kier alpha value is -1.06. The summed E-state index contributed by atoms with van der Waals surface area (Å²) >= 11 is 6.18. The van der Waals surface area contributed by atoms with Crippen LogP contribution < -0.4 is 10.6 Å². The molecule has 2 fully saturated rings. The van der Waals surface area contributed by atoms with Crippen molar-refractivity contribution in [1.82, 2.24) is 5.32 Å². The third-order valence-corrected chi connectivity index (χ3v) is 6.69. The van der Waals surface area contributed by atoms with Crippen molar-refractivity contribution in [3.63, 3.8) is 0 Å². The molecule has 25 heavy (non-hydrogen) atoms. The molecule has 1 aromatic rings. The summed E-state index contributed by atoms with van der Waals surface area (Å²) in [5, 5.41) is 7.66. The molecule has 0 spiro atoms. The molecule has 3 nitrogen and oxygen atoms in total. The number of carbonyl (C=O) groups is 1. The highest BCUT2D eigenvalue weighted by atomic mass is 35.5. The first kappa shape index (κ1) is 17.4. The van der Waals surface area contributed by atoms with E-state index in [1.54, 1.807) is 0 Å². The minimum Gasteiger partial charge on any atom is -0.324 e. The monoisotopic (exact) mass is 360 g/mol. The third kappa shape index (κ3) is 3.46. The van der Waals surface area contributed by atoms with E-state index in [1.165, 1.54) is 64.2 Å². The first-order valence-electron chi connectivity index (χ1n) is 10.1. The van der Waals surface area contributed by atoms with E-state index in [0.29, 0.717) is 17.0 Å². The van der Waals surface area contributed by atoms with E-state index < -0.39 is 5.54 Å². The predicted molar refractivity (Wildman–Crippen MR) is 103 cm³/mol. The number of amides is 1. The number of halogens is 1. The smallest absolute Gasteiger partial charge is 0.249 e. The molecule has 0 bridgehead atoms. The number of fused-ring (bicyclic) bond motifs is 1. The summed E-state index contributed by atoms with van der Waals surface area (Å²) in [6.07, 6.45) is 13.6. The second-order valence-corrected chi connectivity index (χ2v) is 8.67. The second-order valence-electron chi connectivity index (χ2n) is 8.24. The number of anilines is 1. The van der Waals surface area contributed by atoms with E-state index in [-0.39, 0.29) is 5.91 Å². The molecule has 2 saturated carbocycles. The number of rotatable bonds is 4. The van der Waals surface area contributed by atoms with Crippen molar-refractivity contribution in [2.75, 3.05) is 5.32 Å². The number of nitrogens with one attached hydrogen (secondary N) is 2. The van der Waals surface area contributed by atoms with Crippen molar-refractivity contribution in [2.24, 2.45) is 5.92 Å². The van der Waals surface area contributed by atoms with E-state index in [9.17, 15) is 4.79 Å². The fraction of sp³-hybridized carbons (Fsp3) is 0.667.